The van der Waals surface area contributed by atoms with Gasteiger partial charge in [0.1, 0.15) is 11.6 Å². The van der Waals surface area contributed by atoms with Crippen LogP contribution < -0.4 is 10.5 Å². The van der Waals surface area contributed by atoms with Crippen LogP contribution in [0.5, 0.6) is 5.75 Å². The highest BCUT2D eigenvalue weighted by molar-refractivity contribution is 9.10. The van der Waals surface area contributed by atoms with Crippen LogP contribution in [-0.2, 0) is 6.42 Å². The van der Waals surface area contributed by atoms with Crippen molar-refractivity contribution in [2.75, 3.05) is 12.3 Å². The molecule has 1 aromatic heterocycles. The number of nitrogens with two attached hydrogens (primary N) is 1. The van der Waals surface area contributed by atoms with E-state index in [1.54, 1.807) is 12.4 Å². The Hall–Kier alpha value is -1.62. The molecule has 0 spiro atoms. The third-order valence-electron chi connectivity index (χ3n) is 2.12. The molecule has 0 radical (unpaired) electrons. The molecule has 88 valence electrons. The molecule has 2 N–H and O–H groups in total. The van der Waals surface area contributed by atoms with Gasteiger partial charge in [0, 0.05) is 10.9 Å². The molecular weight excluding hydrogens is 282 g/mol. The minimum atomic E-state index is 0.542. The number of benzene rings is 1. The standard InChI is InChI=1S/C12H12BrN3O/c13-9-2-1-3-11(6-9)17-5-4-12-15-7-10(14)8-16-12/h1-3,6-8H,4-5,14H2. The molecule has 0 atom stereocenters. The van der Waals surface area contributed by atoms with Crippen LogP contribution in [0.1, 0.15) is 5.82 Å². The van der Waals surface area contributed by atoms with Crippen LogP contribution in [-0.4, -0.2) is 16.6 Å². The van der Waals surface area contributed by atoms with Gasteiger partial charge in [-0.2, -0.15) is 0 Å². The van der Waals surface area contributed by atoms with Gasteiger partial charge in [-0.3, -0.25) is 0 Å². The van der Waals surface area contributed by atoms with Gasteiger partial charge in [0.25, 0.3) is 0 Å². The summed E-state index contributed by atoms with van der Waals surface area (Å²) in [5, 5.41) is 0. The van der Waals surface area contributed by atoms with Crippen molar-refractivity contribution in [3.05, 3.63) is 47.0 Å². The normalized spacial score (nSPS) is 10.2. The molecule has 0 saturated carbocycles. The van der Waals surface area contributed by atoms with Gasteiger partial charge < -0.3 is 10.5 Å². The van der Waals surface area contributed by atoms with Crippen LogP contribution in [0.2, 0.25) is 0 Å². The Bertz CT molecular complexity index is 487. The maximum absolute atomic E-state index is 5.58. The Kier molecular flexibility index (Phi) is 3.93. The highest BCUT2D eigenvalue weighted by Crippen LogP contribution is 2.17. The second kappa shape index (κ2) is 5.63. The minimum absolute atomic E-state index is 0.542. The van der Waals surface area contributed by atoms with Crippen LogP contribution in [0.25, 0.3) is 0 Å². The van der Waals surface area contributed by atoms with Crippen LogP contribution in [0.3, 0.4) is 0 Å². The Labute approximate surface area is 108 Å². The number of hydrogen-bond acceptors (Lipinski definition) is 4. The first-order valence-electron chi connectivity index (χ1n) is 5.19. The average molecular weight is 294 g/mol. The SMILES string of the molecule is Nc1cnc(CCOc2cccc(Br)c2)nc1. The molecule has 4 nitrogen and oxygen atoms in total. The van der Waals surface area contributed by atoms with Crippen LogP contribution in [0.15, 0.2) is 41.1 Å². The van der Waals surface area contributed by atoms with Crippen molar-refractivity contribution in [2.24, 2.45) is 0 Å². The summed E-state index contributed by atoms with van der Waals surface area (Å²) in [5.74, 6) is 1.56. The van der Waals surface area contributed by atoms with Crippen molar-refractivity contribution in [2.45, 2.75) is 6.42 Å². The molecule has 1 aromatic carbocycles. The smallest absolute Gasteiger partial charge is 0.131 e. The zero-order chi connectivity index (χ0) is 12.1. The van der Waals surface area contributed by atoms with Gasteiger partial charge in [0.15, 0.2) is 0 Å². The van der Waals surface area contributed by atoms with E-state index in [4.69, 9.17) is 10.5 Å². The summed E-state index contributed by atoms with van der Waals surface area (Å²) in [6.07, 6.45) is 3.86. The lowest BCUT2D eigenvalue weighted by Gasteiger charge is -2.05. The van der Waals surface area contributed by atoms with Gasteiger partial charge in [0.05, 0.1) is 24.7 Å². The molecule has 0 saturated heterocycles. The van der Waals surface area contributed by atoms with Crippen molar-refractivity contribution in [1.29, 1.82) is 0 Å². The van der Waals surface area contributed by atoms with Crippen molar-refractivity contribution >= 4 is 21.6 Å². The van der Waals surface area contributed by atoms with E-state index in [0.717, 1.165) is 16.0 Å². The van der Waals surface area contributed by atoms with Crippen molar-refractivity contribution in [1.82, 2.24) is 9.97 Å². The predicted molar refractivity (Wildman–Crippen MR) is 69.8 cm³/mol. The molecule has 0 unspecified atom stereocenters. The third kappa shape index (κ3) is 3.71. The summed E-state index contributed by atoms with van der Waals surface area (Å²) in [6, 6.07) is 7.72. The molecule has 0 fully saturated rings. The molecule has 17 heavy (non-hydrogen) atoms. The van der Waals surface area contributed by atoms with Crippen LogP contribution in [0, 0.1) is 0 Å². The molecule has 0 bridgehead atoms. The number of hydrogen-bond donors (Lipinski definition) is 1. The Morgan fingerprint density at radius 2 is 2.00 bits per heavy atom. The number of ether oxygens (including phenoxy) is 1. The molecule has 0 amide bonds. The zero-order valence-corrected chi connectivity index (χ0v) is 10.7. The van der Waals surface area contributed by atoms with Gasteiger partial charge in [-0.15, -0.1) is 0 Å². The fourth-order valence-electron chi connectivity index (χ4n) is 1.31. The molecule has 2 rings (SSSR count). The van der Waals surface area contributed by atoms with E-state index in [2.05, 4.69) is 25.9 Å². The summed E-state index contributed by atoms with van der Waals surface area (Å²) < 4.78 is 6.58. The summed E-state index contributed by atoms with van der Waals surface area (Å²) in [4.78, 5) is 8.20. The van der Waals surface area contributed by atoms with E-state index >= 15 is 0 Å². The quantitative estimate of drug-likeness (QED) is 0.941. The average Bonchev–Trinajstić information content (AvgIpc) is 2.32. The lowest BCUT2D eigenvalue weighted by atomic mass is 10.3. The fourth-order valence-corrected chi connectivity index (χ4v) is 1.69. The number of nitrogen functional groups attached to an aromatic ring is 1. The summed E-state index contributed by atoms with van der Waals surface area (Å²) in [6.45, 7) is 0.542. The first kappa shape index (κ1) is 11.9. The molecule has 0 aliphatic heterocycles. The van der Waals surface area contributed by atoms with E-state index < -0.39 is 0 Å². The van der Waals surface area contributed by atoms with Gasteiger partial charge in [-0.05, 0) is 18.2 Å². The van der Waals surface area contributed by atoms with E-state index in [9.17, 15) is 0 Å². The maximum atomic E-state index is 5.58. The maximum Gasteiger partial charge on any atom is 0.131 e. The van der Waals surface area contributed by atoms with Gasteiger partial charge in [-0.25, -0.2) is 9.97 Å². The van der Waals surface area contributed by atoms with Crippen molar-refractivity contribution in [3.63, 3.8) is 0 Å². The first-order valence-corrected chi connectivity index (χ1v) is 5.98. The Morgan fingerprint density at radius 1 is 1.24 bits per heavy atom. The van der Waals surface area contributed by atoms with E-state index in [1.807, 2.05) is 24.3 Å². The van der Waals surface area contributed by atoms with E-state index in [0.29, 0.717) is 18.7 Å². The number of nitrogens with zero attached hydrogens (tertiary/aromatic N) is 2. The lowest BCUT2D eigenvalue weighted by Crippen LogP contribution is -2.05. The lowest BCUT2D eigenvalue weighted by molar-refractivity contribution is 0.318. The number of aromatic nitrogens is 2. The second-order valence-corrected chi connectivity index (χ2v) is 4.40. The fraction of sp³-hybridized carbons (Fsp3) is 0.167. The molecular formula is C12H12BrN3O. The highest BCUT2D eigenvalue weighted by atomic mass is 79.9. The van der Waals surface area contributed by atoms with Crippen LogP contribution in [0.4, 0.5) is 5.69 Å². The first-order chi connectivity index (χ1) is 8.24. The van der Waals surface area contributed by atoms with Crippen molar-refractivity contribution < 1.29 is 4.74 Å². The molecule has 0 aliphatic rings. The molecule has 5 heteroatoms. The van der Waals surface area contributed by atoms with Crippen LogP contribution >= 0.6 is 15.9 Å². The topological polar surface area (TPSA) is 61.0 Å². The van der Waals surface area contributed by atoms with Gasteiger partial charge >= 0.3 is 0 Å². The van der Waals surface area contributed by atoms with Gasteiger partial charge in [0.2, 0.25) is 0 Å². The van der Waals surface area contributed by atoms with E-state index in [1.165, 1.54) is 0 Å². The van der Waals surface area contributed by atoms with E-state index in [-0.39, 0.29) is 0 Å². The number of halogens is 1. The molecule has 1 heterocycles. The molecule has 0 aliphatic carbocycles. The Morgan fingerprint density at radius 3 is 2.71 bits per heavy atom. The largest absolute Gasteiger partial charge is 0.493 e. The second-order valence-electron chi connectivity index (χ2n) is 3.49. The number of rotatable bonds is 4. The minimum Gasteiger partial charge on any atom is -0.493 e. The monoisotopic (exact) mass is 293 g/mol. The highest BCUT2D eigenvalue weighted by Gasteiger charge is 1.98. The summed E-state index contributed by atoms with van der Waals surface area (Å²) in [5.41, 5.74) is 6.07. The Balaban J connectivity index is 1.85. The number of anilines is 1. The zero-order valence-electron chi connectivity index (χ0n) is 9.14. The van der Waals surface area contributed by atoms with Crippen molar-refractivity contribution in [3.8, 4) is 5.75 Å². The molecule has 2 aromatic rings. The predicted octanol–water partition coefficient (Wildman–Crippen LogP) is 2.44. The third-order valence-corrected chi connectivity index (χ3v) is 2.61. The van der Waals surface area contributed by atoms with Gasteiger partial charge in [-0.1, -0.05) is 22.0 Å². The summed E-state index contributed by atoms with van der Waals surface area (Å²) in [7, 11) is 0. The summed E-state index contributed by atoms with van der Waals surface area (Å²) >= 11 is 3.39.